The van der Waals surface area contributed by atoms with Gasteiger partial charge in [0, 0.05) is 11.9 Å². The van der Waals surface area contributed by atoms with Crippen molar-refractivity contribution >= 4 is 16.7 Å². The number of alkyl halides is 3. The molecule has 0 aliphatic heterocycles. The maximum atomic E-state index is 12.6. The van der Waals surface area contributed by atoms with Gasteiger partial charge in [-0.15, -0.1) is 0 Å². The van der Waals surface area contributed by atoms with Crippen molar-refractivity contribution in [1.82, 2.24) is 4.98 Å². The molecule has 2 aromatic carbocycles. The molecule has 1 aromatic heterocycles. The Kier molecular flexibility index (Phi) is 3.94. The van der Waals surface area contributed by atoms with Crippen LogP contribution in [0.5, 0.6) is 0 Å². The summed E-state index contributed by atoms with van der Waals surface area (Å²) in [4.78, 5) is 4.49. The zero-order valence-corrected chi connectivity index (χ0v) is 12.5. The average Bonchev–Trinajstić information content (AvgIpc) is 2.54. The minimum atomic E-state index is -4.31. The summed E-state index contributed by atoms with van der Waals surface area (Å²) in [5.41, 5.74) is 1.82. The van der Waals surface area contributed by atoms with E-state index in [2.05, 4.69) is 10.3 Å². The van der Waals surface area contributed by atoms with Crippen molar-refractivity contribution in [3.63, 3.8) is 0 Å². The summed E-state index contributed by atoms with van der Waals surface area (Å²) >= 11 is 0. The molecule has 23 heavy (non-hydrogen) atoms. The fraction of sp³-hybridized carbons (Fsp3) is 0.167. The lowest BCUT2D eigenvalue weighted by Crippen LogP contribution is -2.03. The Morgan fingerprint density at radius 3 is 2.26 bits per heavy atom. The monoisotopic (exact) mass is 316 g/mol. The summed E-state index contributed by atoms with van der Waals surface area (Å²) in [5.74, 6) is 0.808. The van der Waals surface area contributed by atoms with Crippen LogP contribution >= 0.6 is 0 Å². The number of aromatic nitrogens is 1. The van der Waals surface area contributed by atoms with Gasteiger partial charge in [0.1, 0.15) is 5.82 Å². The van der Waals surface area contributed by atoms with Crippen LogP contribution in [0.3, 0.4) is 0 Å². The Morgan fingerprint density at radius 2 is 1.61 bits per heavy atom. The third kappa shape index (κ3) is 3.28. The lowest BCUT2D eigenvalue weighted by molar-refractivity contribution is -0.137. The molecular formula is C18H15F3N2. The number of nitrogens with one attached hydrogen (secondary N) is 1. The molecule has 1 heterocycles. The Hall–Kier alpha value is -2.56. The molecule has 0 bridgehead atoms. The Morgan fingerprint density at radius 1 is 0.913 bits per heavy atom. The van der Waals surface area contributed by atoms with Gasteiger partial charge in [-0.05, 0) is 54.4 Å². The van der Waals surface area contributed by atoms with Crippen LogP contribution in [0.15, 0.2) is 54.6 Å². The first-order chi connectivity index (χ1) is 11.0. The molecule has 0 radical (unpaired) electrons. The minimum absolute atomic E-state index is 0.640. The van der Waals surface area contributed by atoms with Gasteiger partial charge < -0.3 is 5.32 Å². The number of hydrogen-bond acceptors (Lipinski definition) is 2. The molecule has 5 heteroatoms. The first-order valence-electron chi connectivity index (χ1n) is 7.29. The average molecular weight is 316 g/mol. The molecular weight excluding hydrogens is 301 g/mol. The predicted molar refractivity (Wildman–Crippen MR) is 86.3 cm³/mol. The largest absolute Gasteiger partial charge is 0.416 e. The van der Waals surface area contributed by atoms with Crippen LogP contribution in [-0.4, -0.2) is 11.5 Å². The number of nitrogens with zero attached hydrogens (tertiary/aromatic N) is 1. The third-order valence-corrected chi connectivity index (χ3v) is 3.59. The lowest BCUT2D eigenvalue weighted by Gasteiger charge is -2.09. The molecule has 1 N–H and O–H groups in total. The van der Waals surface area contributed by atoms with Gasteiger partial charge in [0.05, 0.1) is 11.1 Å². The van der Waals surface area contributed by atoms with Crippen LogP contribution in [0.2, 0.25) is 0 Å². The first kappa shape index (κ1) is 15.3. The van der Waals surface area contributed by atoms with Crippen LogP contribution in [0, 0.1) is 0 Å². The van der Waals surface area contributed by atoms with Crippen molar-refractivity contribution in [3.8, 4) is 11.1 Å². The highest BCUT2D eigenvalue weighted by Crippen LogP contribution is 2.31. The van der Waals surface area contributed by atoms with Gasteiger partial charge in [-0.25, -0.2) is 4.98 Å². The number of fused-ring (bicyclic) bond motifs is 1. The van der Waals surface area contributed by atoms with Gasteiger partial charge in [0.15, 0.2) is 0 Å². The van der Waals surface area contributed by atoms with E-state index in [1.807, 2.05) is 37.3 Å². The van der Waals surface area contributed by atoms with Gasteiger partial charge in [-0.2, -0.15) is 13.2 Å². The van der Waals surface area contributed by atoms with Crippen molar-refractivity contribution < 1.29 is 13.2 Å². The lowest BCUT2D eigenvalue weighted by atomic mass is 10.0. The van der Waals surface area contributed by atoms with E-state index in [1.54, 1.807) is 0 Å². The highest BCUT2D eigenvalue weighted by atomic mass is 19.4. The van der Waals surface area contributed by atoms with E-state index in [0.717, 1.165) is 46.5 Å². The quantitative estimate of drug-likeness (QED) is 0.704. The molecule has 0 aliphatic carbocycles. The topological polar surface area (TPSA) is 24.9 Å². The first-order valence-corrected chi connectivity index (χ1v) is 7.29. The summed E-state index contributed by atoms with van der Waals surface area (Å²) < 4.78 is 37.9. The third-order valence-electron chi connectivity index (χ3n) is 3.59. The molecule has 0 aliphatic rings. The van der Waals surface area contributed by atoms with Gasteiger partial charge in [-0.3, -0.25) is 0 Å². The molecule has 3 aromatic rings. The van der Waals surface area contributed by atoms with Crippen LogP contribution in [0.25, 0.3) is 22.0 Å². The number of halogens is 3. The van der Waals surface area contributed by atoms with E-state index in [-0.39, 0.29) is 0 Å². The van der Waals surface area contributed by atoms with Crippen molar-refractivity contribution in [3.05, 3.63) is 60.2 Å². The molecule has 0 atom stereocenters. The fourth-order valence-corrected chi connectivity index (χ4v) is 2.44. The zero-order valence-electron chi connectivity index (χ0n) is 12.5. The van der Waals surface area contributed by atoms with Crippen LogP contribution in [0.4, 0.5) is 19.0 Å². The van der Waals surface area contributed by atoms with Crippen molar-refractivity contribution in [1.29, 1.82) is 0 Å². The number of anilines is 1. The van der Waals surface area contributed by atoms with E-state index in [9.17, 15) is 13.2 Å². The van der Waals surface area contributed by atoms with E-state index < -0.39 is 11.7 Å². The highest BCUT2D eigenvalue weighted by molar-refractivity contribution is 5.85. The van der Waals surface area contributed by atoms with Crippen molar-refractivity contribution in [2.75, 3.05) is 11.9 Å². The van der Waals surface area contributed by atoms with Gasteiger partial charge in [0.2, 0.25) is 0 Å². The Balaban J connectivity index is 1.95. The van der Waals surface area contributed by atoms with Crippen LogP contribution < -0.4 is 5.32 Å². The van der Waals surface area contributed by atoms with E-state index in [1.165, 1.54) is 12.1 Å². The van der Waals surface area contributed by atoms with Crippen LogP contribution in [0.1, 0.15) is 12.5 Å². The smallest absolute Gasteiger partial charge is 0.370 e. The standard InChI is InChI=1S/C18H15F3N2/c1-2-22-17-10-6-14-11-13(5-9-16(14)23-17)12-3-7-15(8-4-12)18(19,20)21/h3-11H,2H2,1H3,(H,22,23). The van der Waals surface area contributed by atoms with E-state index in [4.69, 9.17) is 0 Å². The number of benzene rings is 2. The summed E-state index contributed by atoms with van der Waals surface area (Å²) in [6, 6.07) is 14.7. The molecule has 0 fully saturated rings. The normalized spacial score (nSPS) is 11.7. The second kappa shape index (κ2) is 5.91. The van der Waals surface area contributed by atoms with Crippen molar-refractivity contribution in [2.24, 2.45) is 0 Å². The molecule has 0 amide bonds. The van der Waals surface area contributed by atoms with E-state index in [0.29, 0.717) is 0 Å². The summed E-state index contributed by atoms with van der Waals surface area (Å²) in [7, 11) is 0. The van der Waals surface area contributed by atoms with Gasteiger partial charge in [0.25, 0.3) is 0 Å². The maximum Gasteiger partial charge on any atom is 0.416 e. The summed E-state index contributed by atoms with van der Waals surface area (Å²) in [6.45, 7) is 2.79. The maximum absolute atomic E-state index is 12.6. The molecule has 0 spiro atoms. The molecule has 2 nitrogen and oxygen atoms in total. The summed E-state index contributed by atoms with van der Waals surface area (Å²) in [5, 5.41) is 4.10. The van der Waals surface area contributed by atoms with Gasteiger partial charge in [-0.1, -0.05) is 18.2 Å². The summed E-state index contributed by atoms with van der Waals surface area (Å²) in [6.07, 6.45) is -4.31. The molecule has 3 rings (SSSR count). The van der Waals surface area contributed by atoms with Crippen LogP contribution in [-0.2, 0) is 6.18 Å². The molecule has 0 unspecified atom stereocenters. The minimum Gasteiger partial charge on any atom is -0.370 e. The number of pyridine rings is 1. The number of rotatable bonds is 3. The Labute approximate surface area is 132 Å². The number of hydrogen-bond donors (Lipinski definition) is 1. The molecule has 0 saturated heterocycles. The Bertz CT molecular complexity index is 824. The van der Waals surface area contributed by atoms with Gasteiger partial charge >= 0.3 is 6.18 Å². The predicted octanol–water partition coefficient (Wildman–Crippen LogP) is 5.35. The molecule has 0 saturated carbocycles. The SMILES string of the molecule is CCNc1ccc2cc(-c3ccc(C(F)(F)F)cc3)ccc2n1. The van der Waals surface area contributed by atoms with E-state index >= 15 is 0 Å². The second-order valence-electron chi connectivity index (χ2n) is 5.21. The van der Waals surface area contributed by atoms with Crippen molar-refractivity contribution in [2.45, 2.75) is 13.1 Å². The second-order valence-corrected chi connectivity index (χ2v) is 5.21. The fourth-order valence-electron chi connectivity index (χ4n) is 2.44. The highest BCUT2D eigenvalue weighted by Gasteiger charge is 2.29. The molecule has 118 valence electrons. The zero-order chi connectivity index (χ0) is 16.4.